The summed E-state index contributed by atoms with van der Waals surface area (Å²) >= 11 is 5.09. The number of likely N-dealkylation sites (N-methyl/N-ethyl adjacent to an activating group) is 1. The molecule has 7 heteroatoms. The first-order chi connectivity index (χ1) is 10.0. The third kappa shape index (κ3) is 2.78. The predicted octanol–water partition coefficient (Wildman–Crippen LogP) is 1.49. The monoisotopic (exact) mass is 308 g/mol. The van der Waals surface area contributed by atoms with Crippen molar-refractivity contribution in [1.82, 2.24) is 10.2 Å². The number of amides is 1. The molecule has 1 aromatic carbocycles. The molecule has 6 nitrogen and oxygen atoms in total. The van der Waals surface area contributed by atoms with E-state index in [-0.39, 0.29) is 23.2 Å². The van der Waals surface area contributed by atoms with Crippen LogP contribution in [0.15, 0.2) is 17.8 Å². The Morgan fingerprint density at radius 2 is 1.90 bits per heavy atom. The summed E-state index contributed by atoms with van der Waals surface area (Å²) in [5, 5.41) is 13.1. The number of benzene rings is 1. The van der Waals surface area contributed by atoms with E-state index in [1.165, 1.54) is 19.1 Å². The van der Waals surface area contributed by atoms with Crippen LogP contribution in [-0.4, -0.2) is 41.8 Å². The summed E-state index contributed by atoms with van der Waals surface area (Å²) in [5.74, 6) is 0.259. The Bertz CT molecular complexity index is 602. The molecule has 0 radical (unpaired) electrons. The molecule has 1 saturated heterocycles. The van der Waals surface area contributed by atoms with Gasteiger partial charge < -0.3 is 19.9 Å². The molecular weight excluding hydrogens is 292 g/mol. The van der Waals surface area contributed by atoms with Gasteiger partial charge in [-0.3, -0.25) is 9.69 Å². The van der Waals surface area contributed by atoms with Crippen LogP contribution in [0.25, 0.3) is 6.08 Å². The quantitative estimate of drug-likeness (QED) is 0.649. The number of rotatable bonds is 4. The van der Waals surface area contributed by atoms with Crippen LogP contribution in [0.2, 0.25) is 0 Å². The lowest BCUT2D eigenvalue weighted by Gasteiger charge is -2.10. The fraction of sp³-hybridized carbons (Fsp3) is 0.286. The van der Waals surface area contributed by atoms with Gasteiger partial charge in [0.1, 0.15) is 5.70 Å². The number of phenolic OH excluding ortho intramolecular Hbond substituents is 1. The van der Waals surface area contributed by atoms with Crippen LogP contribution < -0.4 is 14.8 Å². The smallest absolute Gasteiger partial charge is 0.276 e. The molecule has 0 saturated carbocycles. The average molecular weight is 308 g/mol. The van der Waals surface area contributed by atoms with Crippen molar-refractivity contribution >= 4 is 29.3 Å². The van der Waals surface area contributed by atoms with Crippen molar-refractivity contribution in [2.75, 3.05) is 20.8 Å². The zero-order valence-corrected chi connectivity index (χ0v) is 12.8. The molecule has 112 valence electrons. The lowest BCUT2D eigenvalue weighted by atomic mass is 10.1. The second kappa shape index (κ2) is 6.01. The summed E-state index contributed by atoms with van der Waals surface area (Å²) < 4.78 is 10.2. The largest absolute Gasteiger partial charge is 0.502 e. The van der Waals surface area contributed by atoms with Gasteiger partial charge in [0, 0.05) is 6.54 Å². The minimum atomic E-state index is -0.187. The molecule has 0 unspecified atom stereocenters. The maximum Gasteiger partial charge on any atom is 0.276 e. The van der Waals surface area contributed by atoms with Gasteiger partial charge in [0.2, 0.25) is 5.75 Å². The number of hydrogen-bond donors (Lipinski definition) is 2. The first kappa shape index (κ1) is 15.1. The Kier molecular flexibility index (Phi) is 4.32. The standard InChI is InChI=1S/C14H16N2O4S/c1-4-16-13(18)9(15-14(16)21)5-8-6-10(19-2)12(17)11(7-8)20-3/h5-7,17H,4H2,1-3H3,(H,15,21)/b9-5-. The van der Waals surface area contributed by atoms with Gasteiger partial charge in [-0.15, -0.1) is 0 Å². The summed E-state index contributed by atoms with van der Waals surface area (Å²) in [5.41, 5.74) is 1.02. The minimum absolute atomic E-state index is 0.0847. The number of methoxy groups -OCH3 is 2. The van der Waals surface area contributed by atoms with Crippen LogP contribution >= 0.6 is 12.2 Å². The fourth-order valence-corrected chi connectivity index (χ4v) is 2.34. The molecule has 2 N–H and O–H groups in total. The zero-order valence-electron chi connectivity index (χ0n) is 12.0. The molecule has 0 aliphatic carbocycles. The lowest BCUT2D eigenvalue weighted by Crippen LogP contribution is -2.30. The molecule has 0 atom stereocenters. The molecule has 21 heavy (non-hydrogen) atoms. The van der Waals surface area contributed by atoms with Gasteiger partial charge in [-0.2, -0.15) is 0 Å². The van der Waals surface area contributed by atoms with Crippen LogP contribution in [0.4, 0.5) is 0 Å². The van der Waals surface area contributed by atoms with Crippen molar-refractivity contribution in [1.29, 1.82) is 0 Å². The Hall–Kier alpha value is -2.28. The highest BCUT2D eigenvalue weighted by Gasteiger charge is 2.29. The van der Waals surface area contributed by atoms with E-state index in [1.807, 2.05) is 6.92 Å². The summed E-state index contributed by atoms with van der Waals surface area (Å²) in [6.45, 7) is 2.35. The highest BCUT2D eigenvalue weighted by molar-refractivity contribution is 7.80. The van der Waals surface area contributed by atoms with Crippen molar-refractivity contribution in [2.45, 2.75) is 6.92 Å². The average Bonchev–Trinajstić information content (AvgIpc) is 2.74. The molecular formula is C14H16N2O4S. The summed E-state index contributed by atoms with van der Waals surface area (Å²) in [6, 6.07) is 3.22. The van der Waals surface area contributed by atoms with Crippen molar-refractivity contribution < 1.29 is 19.4 Å². The van der Waals surface area contributed by atoms with Crippen LogP contribution in [0, 0.1) is 0 Å². The number of nitrogens with one attached hydrogen (secondary N) is 1. The second-order valence-electron chi connectivity index (χ2n) is 4.31. The highest BCUT2D eigenvalue weighted by atomic mass is 32.1. The fourth-order valence-electron chi connectivity index (χ4n) is 2.02. The molecule has 2 rings (SSSR count). The Balaban J connectivity index is 2.42. The van der Waals surface area contributed by atoms with E-state index >= 15 is 0 Å². The van der Waals surface area contributed by atoms with E-state index in [1.54, 1.807) is 18.2 Å². The summed E-state index contributed by atoms with van der Waals surface area (Å²) in [7, 11) is 2.89. The number of phenols is 1. The minimum Gasteiger partial charge on any atom is -0.502 e. The number of hydrogen-bond acceptors (Lipinski definition) is 5. The predicted molar refractivity (Wildman–Crippen MR) is 82.3 cm³/mol. The van der Waals surface area contributed by atoms with Gasteiger partial charge >= 0.3 is 0 Å². The third-order valence-corrected chi connectivity index (χ3v) is 3.41. The van der Waals surface area contributed by atoms with Gasteiger partial charge in [-0.1, -0.05) is 0 Å². The molecule has 1 fully saturated rings. The topological polar surface area (TPSA) is 71.0 Å². The van der Waals surface area contributed by atoms with Crippen LogP contribution in [0.3, 0.4) is 0 Å². The van der Waals surface area contributed by atoms with Gasteiger partial charge in [0.25, 0.3) is 5.91 Å². The Morgan fingerprint density at radius 3 is 2.33 bits per heavy atom. The van der Waals surface area contributed by atoms with Crippen molar-refractivity contribution in [3.05, 3.63) is 23.4 Å². The van der Waals surface area contributed by atoms with Gasteiger partial charge in [0.15, 0.2) is 16.6 Å². The maximum atomic E-state index is 12.1. The number of aromatic hydroxyl groups is 1. The van der Waals surface area contributed by atoms with E-state index in [4.69, 9.17) is 21.7 Å². The summed E-state index contributed by atoms with van der Waals surface area (Å²) in [6.07, 6.45) is 1.63. The number of thiocarbonyl (C=S) groups is 1. The summed E-state index contributed by atoms with van der Waals surface area (Å²) in [4.78, 5) is 13.6. The van der Waals surface area contributed by atoms with Crippen LogP contribution in [0.1, 0.15) is 12.5 Å². The first-order valence-corrected chi connectivity index (χ1v) is 6.72. The molecule has 0 aromatic heterocycles. The molecule has 1 aliphatic rings. The van der Waals surface area contributed by atoms with Crippen molar-refractivity contribution in [3.8, 4) is 17.2 Å². The van der Waals surface area contributed by atoms with Gasteiger partial charge in [-0.25, -0.2) is 0 Å². The van der Waals surface area contributed by atoms with E-state index < -0.39 is 0 Å². The number of carbonyl (C=O) groups is 1. The molecule has 0 bridgehead atoms. The molecule has 1 amide bonds. The lowest BCUT2D eigenvalue weighted by molar-refractivity contribution is -0.122. The van der Waals surface area contributed by atoms with E-state index in [9.17, 15) is 9.90 Å². The third-order valence-electron chi connectivity index (χ3n) is 3.09. The Morgan fingerprint density at radius 1 is 1.33 bits per heavy atom. The number of nitrogens with zero attached hydrogens (tertiary/aromatic N) is 1. The molecule has 1 heterocycles. The maximum absolute atomic E-state index is 12.1. The second-order valence-corrected chi connectivity index (χ2v) is 4.70. The molecule has 1 aliphatic heterocycles. The van der Waals surface area contributed by atoms with E-state index in [0.717, 1.165) is 0 Å². The van der Waals surface area contributed by atoms with Crippen LogP contribution in [-0.2, 0) is 4.79 Å². The van der Waals surface area contributed by atoms with Crippen molar-refractivity contribution in [2.24, 2.45) is 0 Å². The van der Waals surface area contributed by atoms with Gasteiger partial charge in [-0.05, 0) is 42.9 Å². The first-order valence-electron chi connectivity index (χ1n) is 6.31. The molecule has 0 spiro atoms. The van der Waals surface area contributed by atoms with Crippen molar-refractivity contribution in [3.63, 3.8) is 0 Å². The number of carbonyl (C=O) groups excluding carboxylic acids is 1. The zero-order chi connectivity index (χ0) is 15.6. The Labute approximate surface area is 128 Å². The van der Waals surface area contributed by atoms with Crippen LogP contribution in [0.5, 0.6) is 17.2 Å². The normalized spacial score (nSPS) is 16.3. The van der Waals surface area contributed by atoms with E-state index in [2.05, 4.69) is 5.32 Å². The number of ether oxygens (including phenoxy) is 2. The molecule has 1 aromatic rings. The highest BCUT2D eigenvalue weighted by Crippen LogP contribution is 2.37. The SMILES string of the molecule is CCN1C(=O)/C(=C/c2cc(OC)c(O)c(OC)c2)NC1=S. The van der Waals surface area contributed by atoms with Gasteiger partial charge in [0.05, 0.1) is 14.2 Å². The van der Waals surface area contributed by atoms with E-state index in [0.29, 0.717) is 22.9 Å².